The van der Waals surface area contributed by atoms with Crippen LogP contribution in [0.5, 0.6) is 0 Å². The minimum Gasteiger partial charge on any atom is -0.296 e. The van der Waals surface area contributed by atoms with Crippen molar-refractivity contribution in [2.24, 2.45) is 5.84 Å². The number of likely N-dealkylation sites (tertiary alicyclic amines) is 1. The van der Waals surface area contributed by atoms with Gasteiger partial charge in [-0.1, -0.05) is 25.1 Å². The molecule has 1 aromatic carbocycles. The van der Waals surface area contributed by atoms with E-state index in [0.29, 0.717) is 0 Å². The van der Waals surface area contributed by atoms with Crippen molar-refractivity contribution in [3.05, 3.63) is 35.2 Å². The van der Waals surface area contributed by atoms with Crippen LogP contribution in [0.1, 0.15) is 44.7 Å². The average molecular weight is 303 g/mol. The third-order valence-electron chi connectivity index (χ3n) is 5.15. The van der Waals surface area contributed by atoms with Crippen LogP contribution in [0.2, 0.25) is 0 Å². The van der Waals surface area contributed by atoms with Gasteiger partial charge in [0, 0.05) is 10.2 Å². The Morgan fingerprint density at radius 2 is 2.10 bits per heavy atom. The number of hydrazine groups is 1. The first-order chi connectivity index (χ1) is 10.2. The fourth-order valence-electron chi connectivity index (χ4n) is 3.69. The second-order valence-corrected chi connectivity index (χ2v) is 7.11. The maximum Gasteiger partial charge on any atom is 0.0655 e. The molecule has 4 heteroatoms. The Balaban J connectivity index is 2.05. The molecule has 0 radical (unpaired) electrons. The summed E-state index contributed by atoms with van der Waals surface area (Å²) in [5.74, 6) is 6.02. The first-order valence-corrected chi connectivity index (χ1v) is 8.76. The summed E-state index contributed by atoms with van der Waals surface area (Å²) >= 11 is 1.81. The standard InChI is InChI=1S/C17H25N3S/c1-3-17(2,20-10-4-5-11-20)16(19-18)14-8-6-7-13-9-12-21-15(13)14/h6-9,12,16,19H,3-5,10-11,18H2,1-2H3. The third-order valence-corrected chi connectivity index (χ3v) is 6.13. The highest BCUT2D eigenvalue weighted by atomic mass is 32.1. The van der Waals surface area contributed by atoms with Crippen LogP contribution in [0, 0.1) is 0 Å². The predicted octanol–water partition coefficient (Wildman–Crippen LogP) is 3.67. The van der Waals surface area contributed by atoms with Crippen molar-refractivity contribution in [3.8, 4) is 0 Å². The lowest BCUT2D eigenvalue weighted by molar-refractivity contribution is 0.0846. The molecule has 2 aromatic rings. The quantitative estimate of drug-likeness (QED) is 0.654. The van der Waals surface area contributed by atoms with Crippen molar-refractivity contribution < 1.29 is 0 Å². The Kier molecular flexibility index (Phi) is 4.31. The van der Waals surface area contributed by atoms with E-state index in [2.05, 4.69) is 53.8 Å². The first kappa shape index (κ1) is 15.0. The Labute approximate surface area is 131 Å². The molecule has 1 aliphatic heterocycles. The normalized spacial score (nSPS) is 20.7. The zero-order valence-electron chi connectivity index (χ0n) is 12.9. The van der Waals surface area contributed by atoms with E-state index >= 15 is 0 Å². The van der Waals surface area contributed by atoms with Crippen LogP contribution >= 0.6 is 11.3 Å². The van der Waals surface area contributed by atoms with Crippen LogP contribution in [0.15, 0.2) is 29.6 Å². The molecule has 1 saturated heterocycles. The topological polar surface area (TPSA) is 41.3 Å². The van der Waals surface area contributed by atoms with Crippen molar-refractivity contribution in [3.63, 3.8) is 0 Å². The van der Waals surface area contributed by atoms with Gasteiger partial charge in [-0.3, -0.25) is 16.2 Å². The molecule has 0 saturated carbocycles. The van der Waals surface area contributed by atoms with Crippen LogP contribution in [-0.4, -0.2) is 23.5 Å². The second kappa shape index (κ2) is 6.05. The summed E-state index contributed by atoms with van der Waals surface area (Å²) in [5.41, 5.74) is 4.53. The molecule has 0 bridgehead atoms. The van der Waals surface area contributed by atoms with Crippen molar-refractivity contribution in [2.75, 3.05) is 13.1 Å². The lowest BCUT2D eigenvalue weighted by Gasteiger charge is -2.44. The van der Waals surface area contributed by atoms with Gasteiger partial charge in [0.2, 0.25) is 0 Å². The molecule has 2 heterocycles. The highest BCUT2D eigenvalue weighted by Gasteiger charge is 2.40. The predicted molar refractivity (Wildman–Crippen MR) is 91.4 cm³/mol. The van der Waals surface area contributed by atoms with Gasteiger partial charge < -0.3 is 0 Å². The Morgan fingerprint density at radius 1 is 1.33 bits per heavy atom. The molecular formula is C17H25N3S. The van der Waals surface area contributed by atoms with Gasteiger partial charge >= 0.3 is 0 Å². The molecule has 1 aromatic heterocycles. The first-order valence-electron chi connectivity index (χ1n) is 7.88. The van der Waals surface area contributed by atoms with E-state index < -0.39 is 0 Å². The molecule has 0 aliphatic carbocycles. The second-order valence-electron chi connectivity index (χ2n) is 6.19. The molecule has 1 fully saturated rings. The van der Waals surface area contributed by atoms with E-state index in [1.165, 1.54) is 41.6 Å². The minimum absolute atomic E-state index is 0.0591. The Morgan fingerprint density at radius 3 is 2.76 bits per heavy atom. The molecule has 21 heavy (non-hydrogen) atoms. The SMILES string of the molecule is CCC(C)(C(NN)c1cccc2ccsc12)N1CCCC1. The monoisotopic (exact) mass is 303 g/mol. The van der Waals surface area contributed by atoms with E-state index in [1.807, 2.05) is 11.3 Å². The summed E-state index contributed by atoms with van der Waals surface area (Å²) in [6, 6.07) is 8.91. The van der Waals surface area contributed by atoms with Gasteiger partial charge in [-0.15, -0.1) is 11.3 Å². The van der Waals surface area contributed by atoms with Crippen LogP contribution in [0.4, 0.5) is 0 Å². The van der Waals surface area contributed by atoms with Gasteiger partial charge in [0.1, 0.15) is 0 Å². The van der Waals surface area contributed by atoms with E-state index in [9.17, 15) is 0 Å². The zero-order valence-corrected chi connectivity index (χ0v) is 13.7. The van der Waals surface area contributed by atoms with Gasteiger partial charge in [0.25, 0.3) is 0 Å². The van der Waals surface area contributed by atoms with Crippen LogP contribution in [0.25, 0.3) is 10.1 Å². The highest BCUT2D eigenvalue weighted by Crippen LogP contribution is 2.39. The van der Waals surface area contributed by atoms with Gasteiger partial charge in [0.05, 0.1) is 6.04 Å². The Bertz CT molecular complexity index is 603. The van der Waals surface area contributed by atoms with Gasteiger partial charge in [-0.25, -0.2) is 0 Å². The van der Waals surface area contributed by atoms with Crippen molar-refractivity contribution in [1.82, 2.24) is 10.3 Å². The summed E-state index contributed by atoms with van der Waals surface area (Å²) in [4.78, 5) is 2.62. The molecule has 0 spiro atoms. The Hall–Kier alpha value is -0.940. The van der Waals surface area contributed by atoms with Gasteiger partial charge in [0.15, 0.2) is 0 Å². The summed E-state index contributed by atoms with van der Waals surface area (Å²) in [7, 11) is 0. The number of rotatable bonds is 5. The highest BCUT2D eigenvalue weighted by molar-refractivity contribution is 7.17. The molecule has 3 rings (SSSR count). The summed E-state index contributed by atoms with van der Waals surface area (Å²) in [5, 5.41) is 3.48. The van der Waals surface area contributed by atoms with Gasteiger partial charge in [-0.2, -0.15) is 0 Å². The van der Waals surface area contributed by atoms with Crippen LogP contribution in [-0.2, 0) is 0 Å². The van der Waals surface area contributed by atoms with E-state index in [1.54, 1.807) is 0 Å². The number of fused-ring (bicyclic) bond motifs is 1. The molecule has 2 unspecified atom stereocenters. The maximum absolute atomic E-state index is 6.02. The minimum atomic E-state index is 0.0591. The molecular weight excluding hydrogens is 278 g/mol. The largest absolute Gasteiger partial charge is 0.296 e. The zero-order chi connectivity index (χ0) is 14.9. The number of nitrogens with one attached hydrogen (secondary N) is 1. The number of nitrogens with zero attached hydrogens (tertiary/aromatic N) is 1. The summed E-state index contributed by atoms with van der Waals surface area (Å²) in [6.07, 6.45) is 3.69. The number of nitrogens with two attached hydrogens (primary N) is 1. The maximum atomic E-state index is 6.02. The van der Waals surface area contributed by atoms with Crippen LogP contribution in [0.3, 0.4) is 0 Å². The molecule has 2 atom stereocenters. The fraction of sp³-hybridized carbons (Fsp3) is 0.529. The number of benzene rings is 1. The average Bonchev–Trinajstić information content (AvgIpc) is 3.19. The van der Waals surface area contributed by atoms with Crippen molar-refractivity contribution in [2.45, 2.75) is 44.7 Å². The molecule has 3 nitrogen and oxygen atoms in total. The molecule has 114 valence electrons. The molecule has 1 aliphatic rings. The number of hydrogen-bond donors (Lipinski definition) is 2. The lowest BCUT2D eigenvalue weighted by atomic mass is 9.83. The van der Waals surface area contributed by atoms with E-state index in [0.717, 1.165) is 6.42 Å². The van der Waals surface area contributed by atoms with Crippen molar-refractivity contribution in [1.29, 1.82) is 0 Å². The van der Waals surface area contributed by atoms with E-state index in [-0.39, 0.29) is 11.6 Å². The molecule has 0 amide bonds. The summed E-state index contributed by atoms with van der Waals surface area (Å²) in [6.45, 7) is 7.00. The fourth-order valence-corrected chi connectivity index (χ4v) is 4.63. The lowest BCUT2D eigenvalue weighted by Crippen LogP contribution is -2.54. The summed E-state index contributed by atoms with van der Waals surface area (Å²) < 4.78 is 1.36. The van der Waals surface area contributed by atoms with E-state index in [4.69, 9.17) is 5.84 Å². The number of hydrogen-bond acceptors (Lipinski definition) is 4. The molecule has 3 N–H and O–H groups in total. The number of thiophene rings is 1. The van der Waals surface area contributed by atoms with Crippen LogP contribution < -0.4 is 11.3 Å². The van der Waals surface area contributed by atoms with Gasteiger partial charge in [-0.05, 0) is 61.7 Å². The third kappa shape index (κ3) is 2.50. The van der Waals surface area contributed by atoms with Crippen molar-refractivity contribution >= 4 is 21.4 Å². The smallest absolute Gasteiger partial charge is 0.0655 e.